The summed E-state index contributed by atoms with van der Waals surface area (Å²) >= 11 is 0. The van der Waals surface area contributed by atoms with Gasteiger partial charge < -0.3 is 89.9 Å². The molecular weight excluding hydrogens is 1410 g/mol. The van der Waals surface area contributed by atoms with Crippen molar-refractivity contribution in [1.82, 2.24) is 25.9 Å². The van der Waals surface area contributed by atoms with Crippen LogP contribution in [0.4, 0.5) is 16.3 Å². The number of nitrogens with two attached hydrogens (primary N) is 2. The third kappa shape index (κ3) is 23.1. The molecule has 1 saturated heterocycles. The van der Waals surface area contributed by atoms with Crippen molar-refractivity contribution < 1.29 is 129 Å². The molecule has 1 fully saturated rings. The summed E-state index contributed by atoms with van der Waals surface area (Å²) in [6.45, 7) is -0.825. The number of rotatable bonds is 35. The van der Waals surface area contributed by atoms with Crippen molar-refractivity contribution in [2.45, 2.75) is 66.6 Å². The lowest BCUT2D eigenvalue weighted by molar-refractivity contribution is -0.121. The molecular formula is C54H61N10O29P3S2. The van der Waals surface area contributed by atoms with E-state index in [0.717, 1.165) is 36.8 Å². The van der Waals surface area contributed by atoms with Gasteiger partial charge in [0.05, 0.1) is 104 Å². The lowest BCUT2D eigenvalue weighted by Gasteiger charge is -2.20. The predicted molar refractivity (Wildman–Crippen MR) is 332 cm³/mol. The first-order chi connectivity index (χ1) is 46.1. The van der Waals surface area contributed by atoms with Crippen molar-refractivity contribution in [2.75, 3.05) is 77.3 Å². The van der Waals surface area contributed by atoms with Crippen LogP contribution in [0.3, 0.4) is 0 Å². The number of nitrogens with zero attached hydrogens (tertiary/aromatic N) is 3. The molecule has 3 aromatic rings. The summed E-state index contributed by atoms with van der Waals surface area (Å²) in [5.74, 6) is 1.55. The number of H-pyrrole nitrogens is 1. The summed E-state index contributed by atoms with van der Waals surface area (Å²) in [6.07, 6.45) is -0.116. The van der Waals surface area contributed by atoms with Gasteiger partial charge in [-0.05, 0) is 54.8 Å². The van der Waals surface area contributed by atoms with Gasteiger partial charge in [-0.1, -0.05) is 24.3 Å². The Balaban J connectivity index is 0.843. The minimum Gasteiger partial charge on any atom is -0.497 e. The molecule has 44 heteroatoms. The molecule has 528 valence electrons. The van der Waals surface area contributed by atoms with Crippen molar-refractivity contribution >= 4 is 90.1 Å². The molecule has 3 amide bonds. The number of hydrogen-bond donors (Lipinski definition) is 14. The largest absolute Gasteiger partial charge is 0.497 e. The molecule has 1 aliphatic carbocycles. The number of benzene rings is 3. The number of aromatic amines is 1. The molecule has 0 bridgehead atoms. The summed E-state index contributed by atoms with van der Waals surface area (Å²) in [7, 11) is -27.6. The molecule has 98 heavy (non-hydrogen) atoms. The number of amides is 3. The Hall–Kier alpha value is -8.98. The van der Waals surface area contributed by atoms with Gasteiger partial charge in [0, 0.05) is 54.4 Å². The van der Waals surface area contributed by atoms with Crippen LogP contribution < -0.4 is 38.5 Å². The lowest BCUT2D eigenvalue weighted by atomic mass is 9.89. The minimum absolute atomic E-state index is 0.0889. The highest BCUT2D eigenvalue weighted by Crippen LogP contribution is 2.66. The SMILES string of the molecule is N#C/C=C/O[C@@H]1C[C@H](c2[nH]c(=O)nc(N)c2C#CCNC(=O)OCCO/C=C(\C#N)CCOCCOCCNC(=O)CCCCCNC(=O)c2ccc(-c3c4ccc(=N)c(S(=O)(=O)O)c-4oc4c(S(=O)(=O)O)c(N)ccc34)c(C(=O)O)c2)O[C@@H]1COP(=O)(O)OP(=O)(O)OP(=O)(O)O. The number of carbonyl (C=O) groups excluding carboxylic acids is 3. The number of phosphoric ester groups is 1. The number of aromatic nitrogens is 2. The number of carboxylic acids is 1. The Morgan fingerprint density at radius 3 is 2.23 bits per heavy atom. The number of nitrogen functional groups attached to an aromatic ring is 2. The fraction of sp³-hybridized carbons (Fsp3) is 0.352. The zero-order valence-electron chi connectivity index (χ0n) is 50.6. The van der Waals surface area contributed by atoms with Gasteiger partial charge in [-0.3, -0.25) is 28.6 Å². The fourth-order valence-corrected chi connectivity index (χ4v) is 13.6. The quantitative estimate of drug-likeness (QED) is 0.00405. The van der Waals surface area contributed by atoms with Crippen LogP contribution in [0.2, 0.25) is 0 Å². The minimum atomic E-state index is -5.86. The molecule has 0 spiro atoms. The number of unbranched alkanes of at least 4 members (excludes halogenated alkanes) is 2. The monoisotopic (exact) mass is 1470 g/mol. The molecule has 0 radical (unpaired) electrons. The van der Waals surface area contributed by atoms with Gasteiger partial charge >= 0.3 is 41.2 Å². The van der Waals surface area contributed by atoms with E-state index >= 15 is 0 Å². The van der Waals surface area contributed by atoms with Crippen molar-refractivity contribution in [1.29, 1.82) is 15.9 Å². The van der Waals surface area contributed by atoms with E-state index in [4.69, 9.17) is 64.8 Å². The number of ether oxygens (including phenoxy) is 6. The van der Waals surface area contributed by atoms with Crippen molar-refractivity contribution in [3.8, 4) is 46.4 Å². The molecule has 1 aromatic heterocycles. The Morgan fingerprint density at radius 1 is 0.837 bits per heavy atom. The highest BCUT2D eigenvalue weighted by molar-refractivity contribution is 7.86. The van der Waals surface area contributed by atoms with Crippen LogP contribution in [0.15, 0.2) is 85.6 Å². The van der Waals surface area contributed by atoms with E-state index < -0.39 is 136 Å². The zero-order chi connectivity index (χ0) is 72.2. The number of nitriles is 2. The average molecular weight is 1470 g/mol. The summed E-state index contributed by atoms with van der Waals surface area (Å²) in [5.41, 5.74) is 8.45. The van der Waals surface area contributed by atoms with Gasteiger partial charge in [0.25, 0.3) is 26.1 Å². The number of fused-ring (bicyclic) bond motifs is 2. The highest BCUT2D eigenvalue weighted by atomic mass is 32.2. The summed E-state index contributed by atoms with van der Waals surface area (Å²) in [5, 5.41) is 43.7. The predicted octanol–water partition coefficient (Wildman–Crippen LogP) is 2.75. The number of anilines is 2. The van der Waals surface area contributed by atoms with Gasteiger partial charge in [0.2, 0.25) is 5.91 Å². The number of nitrogens with one attached hydrogen (secondary N) is 5. The first kappa shape index (κ1) is 78.0. The first-order valence-electron chi connectivity index (χ1n) is 28.2. The zero-order valence-corrected chi connectivity index (χ0v) is 54.9. The number of alkyl carbamates (subject to hydrolysis) is 1. The van der Waals surface area contributed by atoms with Crippen LogP contribution in [0.25, 0.3) is 33.4 Å². The number of phosphoric acid groups is 3. The van der Waals surface area contributed by atoms with E-state index in [1.54, 1.807) is 6.07 Å². The summed E-state index contributed by atoms with van der Waals surface area (Å²) < 4.78 is 156. The smallest absolute Gasteiger partial charge is 0.490 e. The van der Waals surface area contributed by atoms with E-state index in [1.807, 2.05) is 6.07 Å². The van der Waals surface area contributed by atoms with Gasteiger partial charge in [-0.15, -0.1) is 0 Å². The van der Waals surface area contributed by atoms with Gasteiger partial charge in [0.1, 0.15) is 37.3 Å². The van der Waals surface area contributed by atoms with Gasteiger partial charge in [-0.2, -0.15) is 41.0 Å². The van der Waals surface area contributed by atoms with Crippen LogP contribution in [0.1, 0.15) is 76.6 Å². The Bertz CT molecular complexity index is 4520. The molecule has 16 N–H and O–H groups in total. The normalized spacial score (nSPS) is 16.2. The average Bonchev–Trinajstić information content (AvgIpc) is 0.822. The van der Waals surface area contributed by atoms with Crippen molar-refractivity contribution in [3.05, 3.63) is 105 Å². The molecule has 3 heterocycles. The van der Waals surface area contributed by atoms with E-state index in [9.17, 15) is 83.8 Å². The van der Waals surface area contributed by atoms with Gasteiger partial charge in [0.15, 0.2) is 21.1 Å². The maximum atomic E-state index is 13.2. The molecule has 2 aliphatic heterocycles. The summed E-state index contributed by atoms with van der Waals surface area (Å²) in [4.78, 5) is 104. The molecule has 5 atom stereocenters. The molecule has 2 aromatic carbocycles. The Labute approximate surface area is 554 Å². The van der Waals surface area contributed by atoms with E-state index in [-0.39, 0.29) is 129 Å². The number of hydrogen-bond acceptors (Lipinski definition) is 28. The van der Waals surface area contributed by atoms with Crippen LogP contribution in [0, 0.1) is 39.9 Å². The second-order valence-electron chi connectivity index (χ2n) is 20.1. The topological polar surface area (TPSA) is 631 Å². The second-order valence-corrected chi connectivity index (χ2v) is 27.2. The molecule has 3 aliphatic rings. The van der Waals surface area contributed by atoms with Crippen LogP contribution >= 0.6 is 23.5 Å². The Kier molecular flexibility index (Phi) is 27.9. The fourth-order valence-electron chi connectivity index (χ4n) is 9.12. The Morgan fingerprint density at radius 2 is 1.55 bits per heavy atom. The second kappa shape index (κ2) is 35.0. The van der Waals surface area contributed by atoms with Crippen LogP contribution in [-0.4, -0.2) is 163 Å². The lowest BCUT2D eigenvalue weighted by Crippen LogP contribution is -2.27. The summed E-state index contributed by atoms with van der Waals surface area (Å²) in [6, 6.07) is 11.6. The number of carboxylic acid groups (broad SMARTS) is 1. The van der Waals surface area contributed by atoms with Crippen LogP contribution in [-0.2, 0) is 80.3 Å². The van der Waals surface area contributed by atoms with E-state index in [2.05, 4.69) is 50.9 Å². The van der Waals surface area contributed by atoms with E-state index in [0.29, 0.717) is 19.3 Å². The molecule has 6 rings (SSSR count). The molecule has 39 nitrogen and oxygen atoms in total. The number of carbonyl (C=O) groups is 4. The third-order valence-corrected chi connectivity index (χ3v) is 18.8. The molecule has 0 saturated carbocycles. The maximum absolute atomic E-state index is 13.2. The first-order valence-corrected chi connectivity index (χ1v) is 35.6. The number of allylic oxidation sites excluding steroid dienone is 1. The standard InChI is InChI=1S/C54H61N10O29P3S2/c55-15-5-19-87-40-27-41(90-42(40)30-89-95(74,75)93-96(76,77)92-94(71,72)73)45-36(50(59)64-53(69)63-45)6-4-17-62-54(70)88-25-24-86-29-31(28-56)14-20-84-22-23-85-21-18-60-43(65)7-2-1-3-16-61-51(66)32-8-9-33(37(26-32)52(67)68)44-34-10-12-38(57)48(97(78,79)80)46(34)91-47-35(44)11-13-39(58)49(47)98(81,82)83/h5,8-13,19,26,29,40-42,57H,1-3,7,14,16-18,20-25,27,30,58H2,(H,60,65)(H,61,66)(H,62,70)(H,67,68)(H,74,75)(H,76,77)(H2,71,72,73)(H,78,79,80)(H,81,82,83)(H3,59,63,64,69)/b19-5+,31-29-,57-38?/t40-,41-,42-/m1/s1. The van der Waals surface area contributed by atoms with Crippen molar-refractivity contribution in [2.24, 2.45) is 0 Å². The van der Waals surface area contributed by atoms with Gasteiger partial charge in [-0.25, -0.2) is 28.1 Å². The molecule has 2 unspecified atom stereocenters. The maximum Gasteiger partial charge on any atom is 0.490 e. The van der Waals surface area contributed by atoms with Crippen molar-refractivity contribution in [3.63, 3.8) is 0 Å². The highest BCUT2D eigenvalue weighted by Gasteiger charge is 2.44. The van der Waals surface area contributed by atoms with E-state index in [1.165, 1.54) is 24.3 Å². The number of aromatic carboxylic acids is 1. The van der Waals surface area contributed by atoms with Crippen LogP contribution in [0.5, 0.6) is 0 Å². The third-order valence-electron chi connectivity index (χ3n) is 13.2.